The smallest absolute Gasteiger partial charge is 0.387 e. The minimum Gasteiger partial charge on any atom is -0.435 e. The van der Waals surface area contributed by atoms with Crippen LogP contribution in [0.2, 0.25) is 0 Å². The summed E-state index contributed by atoms with van der Waals surface area (Å²) in [6, 6.07) is 9.16. The number of amides is 1. The molecule has 184 valence electrons. The Morgan fingerprint density at radius 1 is 1.31 bits per heavy atom. The molecule has 3 heterocycles. The Morgan fingerprint density at radius 3 is 2.89 bits per heavy atom. The van der Waals surface area contributed by atoms with Crippen LogP contribution in [-0.4, -0.2) is 46.0 Å². The Hall–Kier alpha value is -3.40. The van der Waals surface area contributed by atoms with Crippen molar-refractivity contribution in [2.75, 3.05) is 13.2 Å². The van der Waals surface area contributed by atoms with Crippen molar-refractivity contribution in [3.05, 3.63) is 59.7 Å². The molecule has 7 nitrogen and oxygen atoms in total. The summed E-state index contributed by atoms with van der Waals surface area (Å²) in [4.78, 5) is 17.3. The van der Waals surface area contributed by atoms with Crippen LogP contribution in [0.25, 0.3) is 17.1 Å². The van der Waals surface area contributed by atoms with Crippen LogP contribution in [0, 0.1) is 11.7 Å². The lowest BCUT2D eigenvalue weighted by Crippen LogP contribution is -2.49. The van der Waals surface area contributed by atoms with E-state index in [9.17, 15) is 18.0 Å². The predicted molar refractivity (Wildman–Crippen MR) is 121 cm³/mol. The van der Waals surface area contributed by atoms with Crippen LogP contribution in [0.1, 0.15) is 31.0 Å². The van der Waals surface area contributed by atoms with Crippen LogP contribution in [0.5, 0.6) is 5.75 Å². The molecular formula is C25H25F3N4O3. The van der Waals surface area contributed by atoms with Crippen molar-refractivity contribution in [1.82, 2.24) is 20.1 Å². The van der Waals surface area contributed by atoms with Crippen molar-refractivity contribution in [3.8, 4) is 22.8 Å². The Bertz CT molecular complexity index is 1220. The highest BCUT2D eigenvalue weighted by Crippen LogP contribution is 2.36. The van der Waals surface area contributed by atoms with E-state index in [-0.39, 0.29) is 23.1 Å². The minimum atomic E-state index is -2.94. The highest BCUT2D eigenvalue weighted by atomic mass is 19.3. The van der Waals surface area contributed by atoms with Crippen LogP contribution in [0.3, 0.4) is 0 Å². The molecule has 0 saturated carbocycles. The Morgan fingerprint density at radius 2 is 2.17 bits per heavy atom. The standard InChI is InChI=1S/C25H25F3N4O3/c1-25(9-10-34-14-25)30-23(33)16-5-7-19-20(12-16)32(21-8-6-17(26)13-29-21)31-22(19)15-3-2-4-18(11-15)35-24(27)28/h2-4,6,8,11,13,16,24H,5,7,9-10,12,14H2,1H3,(H,30,33). The fourth-order valence-corrected chi connectivity index (χ4v) is 4.73. The van der Waals surface area contributed by atoms with Gasteiger partial charge in [-0.05, 0) is 50.5 Å². The fraction of sp³-hybridized carbons (Fsp3) is 0.400. The summed E-state index contributed by atoms with van der Waals surface area (Å²) in [5, 5.41) is 7.87. The number of hydrogen-bond donors (Lipinski definition) is 1. The van der Waals surface area contributed by atoms with Gasteiger partial charge in [-0.1, -0.05) is 12.1 Å². The van der Waals surface area contributed by atoms with Gasteiger partial charge in [0, 0.05) is 30.1 Å². The molecule has 2 atom stereocenters. The number of aromatic nitrogens is 3. The average molecular weight is 486 g/mol. The van der Waals surface area contributed by atoms with Crippen molar-refractivity contribution in [2.24, 2.45) is 5.92 Å². The summed E-state index contributed by atoms with van der Waals surface area (Å²) >= 11 is 0. The molecule has 1 N–H and O–H groups in total. The van der Waals surface area contributed by atoms with Crippen LogP contribution < -0.4 is 10.1 Å². The van der Waals surface area contributed by atoms with E-state index in [2.05, 4.69) is 15.0 Å². The molecule has 0 spiro atoms. The SMILES string of the molecule is CC1(NC(=O)C2CCc3c(-c4cccc(OC(F)F)c4)nn(-c4ccc(F)cn4)c3C2)CCOC1. The largest absolute Gasteiger partial charge is 0.435 e. The number of hydrogen-bond acceptors (Lipinski definition) is 5. The molecule has 0 radical (unpaired) electrons. The van der Waals surface area contributed by atoms with Crippen LogP contribution >= 0.6 is 0 Å². The zero-order valence-electron chi connectivity index (χ0n) is 19.1. The molecule has 2 aromatic heterocycles. The van der Waals surface area contributed by atoms with Gasteiger partial charge in [-0.15, -0.1) is 0 Å². The molecule has 10 heteroatoms. The van der Waals surface area contributed by atoms with Gasteiger partial charge in [-0.3, -0.25) is 4.79 Å². The summed E-state index contributed by atoms with van der Waals surface area (Å²) in [6.45, 7) is 0.138. The van der Waals surface area contributed by atoms with Gasteiger partial charge in [0.05, 0.1) is 29.7 Å². The van der Waals surface area contributed by atoms with Crippen LogP contribution in [0.4, 0.5) is 13.2 Å². The summed E-state index contributed by atoms with van der Waals surface area (Å²) in [6.07, 6.45) is 3.45. The van der Waals surface area contributed by atoms with Crippen molar-refractivity contribution < 1.29 is 27.4 Å². The lowest BCUT2D eigenvalue weighted by molar-refractivity contribution is -0.127. The van der Waals surface area contributed by atoms with Gasteiger partial charge in [0.25, 0.3) is 0 Å². The van der Waals surface area contributed by atoms with Gasteiger partial charge in [0.15, 0.2) is 5.82 Å². The fourth-order valence-electron chi connectivity index (χ4n) is 4.73. The number of pyridine rings is 1. The van der Waals surface area contributed by atoms with Gasteiger partial charge in [0.2, 0.25) is 5.91 Å². The third-order valence-electron chi connectivity index (χ3n) is 6.55. The number of rotatable bonds is 6. The number of benzene rings is 1. The lowest BCUT2D eigenvalue weighted by Gasteiger charge is -2.29. The second-order valence-corrected chi connectivity index (χ2v) is 9.22. The minimum absolute atomic E-state index is 0.0285. The number of ether oxygens (including phenoxy) is 2. The van der Waals surface area contributed by atoms with E-state index in [1.54, 1.807) is 16.8 Å². The topological polar surface area (TPSA) is 78.3 Å². The van der Waals surface area contributed by atoms with E-state index >= 15 is 0 Å². The second kappa shape index (κ2) is 9.33. The first-order chi connectivity index (χ1) is 16.8. The molecule has 35 heavy (non-hydrogen) atoms. The normalized spacial score (nSPS) is 21.7. The van der Waals surface area contributed by atoms with Gasteiger partial charge in [0.1, 0.15) is 11.6 Å². The highest BCUT2D eigenvalue weighted by molar-refractivity contribution is 5.80. The van der Waals surface area contributed by atoms with Crippen molar-refractivity contribution in [2.45, 2.75) is 44.8 Å². The molecule has 2 aliphatic rings. The summed E-state index contributed by atoms with van der Waals surface area (Å²) < 4.78 is 50.7. The van der Waals surface area contributed by atoms with E-state index in [0.29, 0.717) is 49.6 Å². The number of carbonyl (C=O) groups excluding carboxylic acids is 1. The molecule has 1 amide bonds. The summed E-state index contributed by atoms with van der Waals surface area (Å²) in [5.74, 6) is -0.363. The number of halogens is 3. The average Bonchev–Trinajstić information content (AvgIpc) is 3.43. The number of fused-ring (bicyclic) bond motifs is 1. The van der Waals surface area contributed by atoms with E-state index in [1.165, 1.54) is 24.3 Å². The first kappa shape index (κ1) is 23.3. The number of alkyl halides is 2. The van der Waals surface area contributed by atoms with E-state index in [0.717, 1.165) is 23.9 Å². The molecule has 1 aromatic carbocycles. The Labute approximate surface area is 200 Å². The maximum absolute atomic E-state index is 13.5. The first-order valence-electron chi connectivity index (χ1n) is 11.5. The van der Waals surface area contributed by atoms with Crippen molar-refractivity contribution in [3.63, 3.8) is 0 Å². The monoisotopic (exact) mass is 486 g/mol. The molecule has 3 aromatic rings. The Kier molecular flexibility index (Phi) is 6.22. The summed E-state index contributed by atoms with van der Waals surface area (Å²) in [5.41, 5.74) is 2.52. The molecule has 1 saturated heterocycles. The first-order valence-corrected chi connectivity index (χ1v) is 11.5. The van der Waals surface area contributed by atoms with Gasteiger partial charge in [-0.25, -0.2) is 14.1 Å². The number of carbonyl (C=O) groups is 1. The molecule has 1 fully saturated rings. The van der Waals surface area contributed by atoms with Crippen LogP contribution in [0.15, 0.2) is 42.6 Å². The predicted octanol–water partition coefficient (Wildman–Crippen LogP) is 4.07. The van der Waals surface area contributed by atoms with Crippen LogP contribution in [-0.2, 0) is 22.4 Å². The van der Waals surface area contributed by atoms with Crippen molar-refractivity contribution >= 4 is 5.91 Å². The maximum atomic E-state index is 13.5. The van der Waals surface area contributed by atoms with E-state index < -0.39 is 12.4 Å². The van der Waals surface area contributed by atoms with Gasteiger partial charge in [-0.2, -0.15) is 13.9 Å². The number of nitrogens with one attached hydrogen (secondary N) is 1. The summed E-state index contributed by atoms with van der Waals surface area (Å²) in [7, 11) is 0. The molecular weight excluding hydrogens is 461 g/mol. The number of nitrogens with zero attached hydrogens (tertiary/aromatic N) is 3. The quantitative estimate of drug-likeness (QED) is 0.568. The molecule has 1 aliphatic carbocycles. The zero-order chi connectivity index (χ0) is 24.6. The third-order valence-corrected chi connectivity index (χ3v) is 6.55. The van der Waals surface area contributed by atoms with E-state index in [4.69, 9.17) is 9.84 Å². The molecule has 0 bridgehead atoms. The zero-order valence-corrected chi connectivity index (χ0v) is 19.1. The maximum Gasteiger partial charge on any atom is 0.387 e. The van der Waals surface area contributed by atoms with Crippen molar-refractivity contribution in [1.29, 1.82) is 0 Å². The molecule has 1 aliphatic heterocycles. The molecule has 5 rings (SSSR count). The van der Waals surface area contributed by atoms with Gasteiger partial charge >= 0.3 is 6.61 Å². The highest BCUT2D eigenvalue weighted by Gasteiger charge is 2.36. The lowest BCUT2D eigenvalue weighted by atomic mass is 9.84. The van der Waals surface area contributed by atoms with E-state index in [1.807, 2.05) is 6.92 Å². The Balaban J connectivity index is 1.50. The van der Waals surface area contributed by atoms with Gasteiger partial charge < -0.3 is 14.8 Å². The second-order valence-electron chi connectivity index (χ2n) is 9.22. The molecule has 2 unspecified atom stereocenters. The third kappa shape index (κ3) is 4.88.